The first kappa shape index (κ1) is 23.7. The van der Waals surface area contributed by atoms with Crippen LogP contribution >= 0.6 is 0 Å². The molecule has 0 aromatic heterocycles. The zero-order valence-corrected chi connectivity index (χ0v) is 19.2. The summed E-state index contributed by atoms with van der Waals surface area (Å²) >= 11 is 0. The van der Waals surface area contributed by atoms with E-state index in [4.69, 9.17) is 4.74 Å². The van der Waals surface area contributed by atoms with Crippen molar-refractivity contribution < 1.29 is 31.2 Å². The molecule has 2 saturated heterocycles. The van der Waals surface area contributed by atoms with Crippen LogP contribution < -0.4 is 5.32 Å². The highest BCUT2D eigenvalue weighted by atomic mass is 32.2. The van der Waals surface area contributed by atoms with Crippen LogP contribution in [0.25, 0.3) is 0 Å². The lowest BCUT2D eigenvalue weighted by Crippen LogP contribution is -2.42. The van der Waals surface area contributed by atoms with Crippen molar-refractivity contribution in [3.63, 3.8) is 0 Å². The molecule has 0 saturated carbocycles. The van der Waals surface area contributed by atoms with Crippen LogP contribution in [0.3, 0.4) is 0 Å². The molecule has 3 rings (SSSR count). The molecule has 3 atom stereocenters. The van der Waals surface area contributed by atoms with E-state index in [1.54, 1.807) is 0 Å². The number of nitrogens with zero attached hydrogens (tertiary/aromatic N) is 1. The summed E-state index contributed by atoms with van der Waals surface area (Å²) in [5.41, 5.74) is 0.121. The molecule has 172 valence electrons. The molecule has 1 amide bonds. The van der Waals surface area contributed by atoms with Gasteiger partial charge in [0.2, 0.25) is 10.0 Å². The molecule has 0 unspecified atom stereocenters. The highest BCUT2D eigenvalue weighted by Gasteiger charge is 2.32. The number of hydrogen-bond acceptors (Lipinski definition) is 7. The molecule has 2 aliphatic rings. The van der Waals surface area contributed by atoms with Crippen LogP contribution in [0.5, 0.6) is 0 Å². The van der Waals surface area contributed by atoms with Crippen LogP contribution in [0.4, 0.5) is 0 Å². The Hall–Kier alpha value is -1.98. The normalized spacial score (nSPS) is 26.3. The third kappa shape index (κ3) is 6.05. The largest absolute Gasteiger partial charge is 0.452 e. The Labute approximate surface area is 183 Å². The predicted octanol–water partition coefficient (Wildman–Crippen LogP) is 0.813. The third-order valence-electron chi connectivity index (χ3n) is 5.50. The molecule has 1 aromatic rings. The zero-order valence-electron chi connectivity index (χ0n) is 17.6. The number of hydrogen-bond donors (Lipinski definition) is 1. The summed E-state index contributed by atoms with van der Waals surface area (Å²) in [5, 5.41) is 2.53. The number of nitrogens with one attached hydrogen (secondary N) is 1. The van der Waals surface area contributed by atoms with E-state index in [0.717, 1.165) is 6.42 Å². The minimum atomic E-state index is -3.65. The van der Waals surface area contributed by atoms with E-state index in [0.29, 0.717) is 19.5 Å². The van der Waals surface area contributed by atoms with Gasteiger partial charge in [0.25, 0.3) is 5.91 Å². The van der Waals surface area contributed by atoms with E-state index in [1.807, 2.05) is 13.8 Å². The SMILES string of the molecule is C[C@@H]1C[C@H](C)CN(S(=O)(=O)c2ccc(C(=O)OCC(=O)N[C@@H]3CCS(=O)(=O)C3)cc2)C1. The van der Waals surface area contributed by atoms with Gasteiger partial charge in [-0.3, -0.25) is 4.79 Å². The molecule has 0 spiro atoms. The zero-order chi connectivity index (χ0) is 22.8. The van der Waals surface area contributed by atoms with Crippen molar-refractivity contribution in [2.24, 2.45) is 11.8 Å². The molecule has 0 aliphatic carbocycles. The van der Waals surface area contributed by atoms with Crippen LogP contribution in [-0.4, -0.2) is 70.3 Å². The van der Waals surface area contributed by atoms with Crippen molar-refractivity contribution in [1.82, 2.24) is 9.62 Å². The Morgan fingerprint density at radius 3 is 2.29 bits per heavy atom. The fourth-order valence-corrected chi connectivity index (χ4v) is 7.46. The molecule has 0 bridgehead atoms. The maximum absolute atomic E-state index is 12.9. The standard InChI is InChI=1S/C20H28N2O7S2/c1-14-9-15(2)11-22(10-14)31(27,28)18-5-3-16(4-6-18)20(24)29-12-19(23)21-17-7-8-30(25,26)13-17/h3-6,14-15,17H,7-13H2,1-2H3,(H,21,23)/t14-,15+,17-/m1/s1. The van der Waals surface area contributed by atoms with Crippen molar-refractivity contribution in [1.29, 1.82) is 0 Å². The van der Waals surface area contributed by atoms with Gasteiger partial charge in [-0.15, -0.1) is 0 Å². The van der Waals surface area contributed by atoms with Gasteiger partial charge in [0.05, 0.1) is 22.0 Å². The van der Waals surface area contributed by atoms with Gasteiger partial charge < -0.3 is 10.1 Å². The topological polar surface area (TPSA) is 127 Å². The van der Waals surface area contributed by atoms with E-state index < -0.39 is 44.4 Å². The molecule has 0 radical (unpaired) electrons. The molecule has 1 aromatic carbocycles. The summed E-state index contributed by atoms with van der Waals surface area (Å²) < 4.78 is 55.1. The summed E-state index contributed by atoms with van der Waals surface area (Å²) in [4.78, 5) is 24.2. The first-order chi connectivity index (χ1) is 14.5. The van der Waals surface area contributed by atoms with Crippen molar-refractivity contribution in [2.75, 3.05) is 31.2 Å². The number of sulfonamides is 1. The molecule has 2 fully saturated rings. The minimum absolute atomic E-state index is 0.0300. The van der Waals surface area contributed by atoms with Crippen LogP contribution in [0.2, 0.25) is 0 Å². The van der Waals surface area contributed by atoms with Gasteiger partial charge in [-0.05, 0) is 48.9 Å². The molecule has 31 heavy (non-hydrogen) atoms. The van der Waals surface area contributed by atoms with Crippen LogP contribution in [0.1, 0.15) is 37.0 Å². The number of sulfone groups is 1. The fraction of sp³-hybridized carbons (Fsp3) is 0.600. The van der Waals surface area contributed by atoms with Crippen LogP contribution in [0, 0.1) is 11.8 Å². The molecule has 1 N–H and O–H groups in total. The van der Waals surface area contributed by atoms with E-state index >= 15 is 0 Å². The number of piperidine rings is 1. The summed E-state index contributed by atoms with van der Waals surface area (Å²) in [6.07, 6.45) is 1.33. The highest BCUT2D eigenvalue weighted by molar-refractivity contribution is 7.91. The maximum atomic E-state index is 12.9. The Bertz CT molecular complexity index is 1030. The average Bonchev–Trinajstić information content (AvgIpc) is 3.03. The fourth-order valence-electron chi connectivity index (χ4n) is 4.11. The van der Waals surface area contributed by atoms with E-state index in [2.05, 4.69) is 5.32 Å². The maximum Gasteiger partial charge on any atom is 0.338 e. The van der Waals surface area contributed by atoms with Crippen molar-refractivity contribution >= 4 is 31.7 Å². The quantitative estimate of drug-likeness (QED) is 0.607. The molecular formula is C20H28N2O7S2. The van der Waals surface area contributed by atoms with Gasteiger partial charge in [-0.1, -0.05) is 13.8 Å². The highest BCUT2D eigenvalue weighted by Crippen LogP contribution is 2.26. The Morgan fingerprint density at radius 1 is 1.13 bits per heavy atom. The average molecular weight is 473 g/mol. The first-order valence-electron chi connectivity index (χ1n) is 10.2. The molecule has 11 heteroatoms. The number of rotatable bonds is 6. The van der Waals surface area contributed by atoms with Crippen LogP contribution in [-0.2, 0) is 29.4 Å². The van der Waals surface area contributed by atoms with Gasteiger partial charge in [0, 0.05) is 19.1 Å². The lowest BCUT2D eigenvalue weighted by Gasteiger charge is -2.34. The van der Waals surface area contributed by atoms with Crippen molar-refractivity contribution in [3.05, 3.63) is 29.8 Å². The number of carbonyl (C=O) groups is 2. The summed E-state index contributed by atoms with van der Waals surface area (Å²) in [7, 11) is -6.77. The van der Waals surface area contributed by atoms with E-state index in [9.17, 15) is 26.4 Å². The summed E-state index contributed by atoms with van der Waals surface area (Å²) in [6.45, 7) is 4.44. The Kier molecular flexibility index (Phi) is 7.07. The lowest BCUT2D eigenvalue weighted by molar-refractivity contribution is -0.124. The number of ether oxygens (including phenoxy) is 1. The molecule has 2 heterocycles. The number of esters is 1. The van der Waals surface area contributed by atoms with Gasteiger partial charge in [-0.25, -0.2) is 21.6 Å². The van der Waals surface area contributed by atoms with Crippen molar-refractivity contribution in [3.8, 4) is 0 Å². The van der Waals surface area contributed by atoms with Gasteiger partial charge in [0.1, 0.15) is 0 Å². The van der Waals surface area contributed by atoms with Gasteiger partial charge in [-0.2, -0.15) is 4.31 Å². The second-order valence-electron chi connectivity index (χ2n) is 8.54. The van der Waals surface area contributed by atoms with E-state index in [-0.39, 0.29) is 33.8 Å². The predicted molar refractivity (Wildman–Crippen MR) is 114 cm³/mol. The Morgan fingerprint density at radius 2 is 1.74 bits per heavy atom. The van der Waals surface area contributed by atoms with Gasteiger partial charge in [0.15, 0.2) is 16.4 Å². The van der Waals surface area contributed by atoms with Crippen molar-refractivity contribution in [2.45, 2.75) is 37.6 Å². The monoisotopic (exact) mass is 472 g/mol. The van der Waals surface area contributed by atoms with Crippen LogP contribution in [0.15, 0.2) is 29.2 Å². The molecular weight excluding hydrogens is 444 g/mol. The number of carbonyl (C=O) groups excluding carboxylic acids is 2. The molecule has 2 aliphatic heterocycles. The summed E-state index contributed by atoms with van der Waals surface area (Å²) in [6, 6.07) is 4.96. The first-order valence-corrected chi connectivity index (χ1v) is 13.5. The third-order valence-corrected chi connectivity index (χ3v) is 9.11. The number of amides is 1. The molecule has 9 nitrogen and oxygen atoms in total. The van der Waals surface area contributed by atoms with E-state index in [1.165, 1.54) is 28.6 Å². The summed E-state index contributed by atoms with van der Waals surface area (Å²) in [5.74, 6) is -0.868. The second kappa shape index (κ2) is 9.25. The smallest absolute Gasteiger partial charge is 0.338 e. The second-order valence-corrected chi connectivity index (χ2v) is 12.7. The van der Waals surface area contributed by atoms with Gasteiger partial charge >= 0.3 is 5.97 Å². The minimum Gasteiger partial charge on any atom is -0.452 e. The lowest BCUT2D eigenvalue weighted by atomic mass is 9.94. The number of benzene rings is 1. The Balaban J connectivity index is 1.55.